The van der Waals surface area contributed by atoms with E-state index in [4.69, 9.17) is 18.5 Å². The maximum absolute atomic E-state index is 12.8. The fraction of sp³-hybridized carbons (Fsp3) is 0.621. The number of likely N-dealkylation sites (N-methyl/N-ethyl adjacent to an activating group) is 1. The van der Waals surface area contributed by atoms with Gasteiger partial charge in [-0.2, -0.15) is 0 Å². The first-order valence-electron chi connectivity index (χ1n) is 26.2. The number of phosphoric ester groups is 1. The molecule has 0 aromatic heterocycles. The predicted octanol–water partition coefficient (Wildman–Crippen LogP) is 15.4. The largest absolute Gasteiger partial charge is 0.756 e. The van der Waals surface area contributed by atoms with Crippen LogP contribution in [0.25, 0.3) is 0 Å². The summed E-state index contributed by atoms with van der Waals surface area (Å²) in [7, 11) is 1.12. The Morgan fingerprint density at radius 3 is 1.18 bits per heavy atom. The first kappa shape index (κ1) is 64.4. The van der Waals surface area contributed by atoms with E-state index in [1.165, 1.54) is 0 Å². The fourth-order valence-corrected chi connectivity index (χ4v) is 7.20. The lowest BCUT2D eigenvalue weighted by Crippen LogP contribution is -2.37. The smallest absolute Gasteiger partial charge is 0.306 e. The molecule has 0 amide bonds. The van der Waals surface area contributed by atoms with Crippen LogP contribution in [0.3, 0.4) is 0 Å². The number of esters is 2. The zero-order valence-electron chi connectivity index (χ0n) is 43.5. The van der Waals surface area contributed by atoms with Crippen molar-refractivity contribution in [1.29, 1.82) is 0 Å². The number of phosphoric acid groups is 1. The maximum atomic E-state index is 12.8. The van der Waals surface area contributed by atoms with Crippen molar-refractivity contribution in [2.45, 2.75) is 187 Å². The van der Waals surface area contributed by atoms with E-state index in [0.29, 0.717) is 23.9 Å². The van der Waals surface area contributed by atoms with Gasteiger partial charge in [-0.1, -0.05) is 187 Å². The molecule has 0 aliphatic heterocycles. The Kier molecular flexibility index (Phi) is 45.9. The van der Waals surface area contributed by atoms with Gasteiger partial charge < -0.3 is 27.9 Å². The Morgan fingerprint density at radius 1 is 0.456 bits per heavy atom. The van der Waals surface area contributed by atoms with Crippen molar-refractivity contribution >= 4 is 19.8 Å². The summed E-state index contributed by atoms with van der Waals surface area (Å²) in [5, 5.41) is 0. The van der Waals surface area contributed by atoms with Gasteiger partial charge in [0.25, 0.3) is 7.82 Å². The quantitative estimate of drug-likeness (QED) is 0.0195. The van der Waals surface area contributed by atoms with Gasteiger partial charge in [-0.3, -0.25) is 14.2 Å². The molecule has 0 aliphatic rings. The molecule has 0 rings (SSSR count). The molecular formula is C58H96NO8P. The molecule has 0 aromatic carbocycles. The predicted molar refractivity (Wildman–Crippen MR) is 286 cm³/mol. The minimum absolute atomic E-state index is 0.0441. The van der Waals surface area contributed by atoms with Gasteiger partial charge >= 0.3 is 11.9 Å². The molecule has 0 bridgehead atoms. The molecule has 386 valence electrons. The van der Waals surface area contributed by atoms with E-state index in [9.17, 15) is 19.0 Å². The van der Waals surface area contributed by atoms with E-state index in [1.54, 1.807) is 0 Å². The summed E-state index contributed by atoms with van der Waals surface area (Å²) in [5.41, 5.74) is 0. The van der Waals surface area contributed by atoms with Crippen LogP contribution in [0.5, 0.6) is 0 Å². The topological polar surface area (TPSA) is 111 Å². The van der Waals surface area contributed by atoms with Crippen molar-refractivity contribution in [3.63, 3.8) is 0 Å². The van der Waals surface area contributed by atoms with Crippen LogP contribution in [-0.4, -0.2) is 70.0 Å². The van der Waals surface area contributed by atoms with Crippen LogP contribution in [0.2, 0.25) is 0 Å². The molecule has 0 fully saturated rings. The van der Waals surface area contributed by atoms with Crippen molar-refractivity contribution in [3.8, 4) is 0 Å². The monoisotopic (exact) mass is 966 g/mol. The van der Waals surface area contributed by atoms with Gasteiger partial charge in [-0.05, 0) is 103 Å². The molecule has 0 aliphatic carbocycles. The van der Waals surface area contributed by atoms with Crippen molar-refractivity contribution in [1.82, 2.24) is 0 Å². The van der Waals surface area contributed by atoms with E-state index < -0.39 is 32.5 Å². The van der Waals surface area contributed by atoms with Gasteiger partial charge in [-0.25, -0.2) is 0 Å². The molecule has 0 heterocycles. The second-order valence-corrected chi connectivity index (χ2v) is 19.5. The molecule has 0 aromatic rings. The number of quaternary nitrogens is 1. The molecular weight excluding hydrogens is 870 g/mol. The number of carbonyl (C=O) groups excluding carboxylic acids is 2. The van der Waals surface area contributed by atoms with Gasteiger partial charge in [0, 0.05) is 12.8 Å². The summed E-state index contributed by atoms with van der Waals surface area (Å²) in [6.45, 7) is 3.95. The van der Waals surface area contributed by atoms with E-state index in [-0.39, 0.29) is 26.1 Å². The maximum Gasteiger partial charge on any atom is 0.306 e. The zero-order chi connectivity index (χ0) is 49.9. The number of hydrogen-bond acceptors (Lipinski definition) is 8. The van der Waals surface area contributed by atoms with Crippen LogP contribution in [0.4, 0.5) is 0 Å². The number of nitrogens with zero attached hydrogens (tertiary/aromatic N) is 1. The van der Waals surface area contributed by atoms with Crippen LogP contribution in [0.1, 0.15) is 181 Å². The number of carbonyl (C=O) groups is 2. The highest BCUT2D eigenvalue weighted by atomic mass is 31.2. The highest BCUT2D eigenvalue weighted by molar-refractivity contribution is 7.45. The summed E-state index contributed by atoms with van der Waals surface area (Å²) < 4.78 is 34.0. The SMILES string of the molecule is CC/C=C\C/C=C\C/C=C\C/C=C\C/C=C\C/C=C\CCCCCCCCC(=O)OC(COC(=O)CCCCCCCC/C=C\C/C=C\C/C=C\C/C=C\CC)COP(=O)([O-])OCC[N+](C)(C)C. The lowest BCUT2D eigenvalue weighted by molar-refractivity contribution is -0.870. The average molecular weight is 966 g/mol. The van der Waals surface area contributed by atoms with E-state index in [0.717, 1.165) is 141 Å². The molecule has 9 nitrogen and oxygen atoms in total. The molecule has 0 spiro atoms. The molecule has 68 heavy (non-hydrogen) atoms. The van der Waals surface area contributed by atoms with Crippen LogP contribution in [0, 0.1) is 0 Å². The number of allylic oxidation sites excluding steroid dienone is 20. The highest BCUT2D eigenvalue weighted by Crippen LogP contribution is 2.38. The third-order valence-corrected chi connectivity index (χ3v) is 11.4. The zero-order valence-corrected chi connectivity index (χ0v) is 44.4. The van der Waals surface area contributed by atoms with E-state index in [1.807, 2.05) is 21.1 Å². The van der Waals surface area contributed by atoms with Crippen molar-refractivity contribution in [2.75, 3.05) is 47.5 Å². The minimum atomic E-state index is -4.65. The van der Waals surface area contributed by atoms with Gasteiger partial charge in [-0.15, -0.1) is 0 Å². The third kappa shape index (κ3) is 51.8. The molecule has 10 heteroatoms. The van der Waals surface area contributed by atoms with E-state index in [2.05, 4.69) is 135 Å². The first-order chi connectivity index (χ1) is 33.0. The molecule has 0 radical (unpaired) electrons. The number of ether oxygens (including phenoxy) is 2. The molecule has 0 saturated heterocycles. The van der Waals surface area contributed by atoms with Crippen LogP contribution in [-0.2, 0) is 32.7 Å². The summed E-state index contributed by atoms with van der Waals surface area (Å²) >= 11 is 0. The second kappa shape index (κ2) is 48.4. The number of hydrogen-bond donors (Lipinski definition) is 0. The number of rotatable bonds is 46. The Morgan fingerprint density at radius 2 is 0.794 bits per heavy atom. The van der Waals surface area contributed by atoms with Crippen molar-refractivity contribution < 1.29 is 42.1 Å². The van der Waals surface area contributed by atoms with Gasteiger partial charge in [0.1, 0.15) is 19.8 Å². The lowest BCUT2D eigenvalue weighted by Gasteiger charge is -2.28. The summed E-state index contributed by atoms with van der Waals surface area (Å²) in [4.78, 5) is 37.8. The molecule has 2 atom stereocenters. The first-order valence-corrected chi connectivity index (χ1v) is 27.7. The average Bonchev–Trinajstić information content (AvgIpc) is 3.30. The Bertz CT molecular complexity index is 1560. The fourth-order valence-electron chi connectivity index (χ4n) is 6.47. The van der Waals surface area contributed by atoms with Crippen LogP contribution >= 0.6 is 7.82 Å². The minimum Gasteiger partial charge on any atom is -0.756 e. The molecule has 0 N–H and O–H groups in total. The third-order valence-electron chi connectivity index (χ3n) is 10.5. The van der Waals surface area contributed by atoms with E-state index >= 15 is 0 Å². The summed E-state index contributed by atoms with van der Waals surface area (Å²) in [5.74, 6) is -0.878. The van der Waals surface area contributed by atoms with Gasteiger partial charge in [0.2, 0.25) is 0 Å². The normalized spacial score (nSPS) is 14.4. The van der Waals surface area contributed by atoms with Crippen molar-refractivity contribution in [2.24, 2.45) is 0 Å². The van der Waals surface area contributed by atoms with Gasteiger partial charge in [0.15, 0.2) is 6.10 Å². The van der Waals surface area contributed by atoms with Gasteiger partial charge in [0.05, 0.1) is 27.7 Å². The van der Waals surface area contributed by atoms with Crippen LogP contribution < -0.4 is 4.89 Å². The Balaban J connectivity index is 4.33. The van der Waals surface area contributed by atoms with Crippen LogP contribution in [0.15, 0.2) is 122 Å². The molecule has 0 saturated carbocycles. The van der Waals surface area contributed by atoms with Crippen molar-refractivity contribution in [3.05, 3.63) is 122 Å². The Labute approximate surface area is 416 Å². The number of unbranched alkanes of at least 4 members (excludes halogenated alkanes) is 12. The lowest BCUT2D eigenvalue weighted by atomic mass is 10.1. The highest BCUT2D eigenvalue weighted by Gasteiger charge is 2.21. The Hall–Kier alpha value is -3.59. The summed E-state index contributed by atoms with van der Waals surface area (Å²) in [6.07, 6.45) is 68.0. The molecule has 2 unspecified atom stereocenters. The second-order valence-electron chi connectivity index (χ2n) is 18.1. The summed E-state index contributed by atoms with van der Waals surface area (Å²) in [6, 6.07) is 0. The standard InChI is InChI=1S/C58H96NO8P/c1-6-8-10-12-14-16-18-20-22-24-26-27-28-29-30-31-33-35-37-39-41-43-45-47-49-51-58(61)67-56(55-66-68(62,63)65-53-52-59(3,4)5)54-64-57(60)50-48-46-44-42-40-38-36-34-32-25-23-21-19-17-15-13-11-9-7-2/h8-11,14-17,20-23,26-27,29-30,32-35,56H,6-7,12-13,18-19,24-25,28,31,36-55H2,1-5H3/b10-8-,11-9-,16-14-,17-15-,22-20-,23-21-,27-26-,30-29-,34-32-,35-33-.